The van der Waals surface area contributed by atoms with Crippen molar-refractivity contribution < 1.29 is 22.8 Å². The average molecular weight is 591 g/mol. The first-order chi connectivity index (χ1) is 19.3. The molecule has 12 heteroatoms. The summed E-state index contributed by atoms with van der Waals surface area (Å²) in [6.07, 6.45) is 9.44. The number of carbonyl (C=O) groups is 3. The number of benzene rings is 1. The van der Waals surface area contributed by atoms with Crippen LogP contribution in [0.1, 0.15) is 87.3 Å². The number of primary amides is 2. The van der Waals surface area contributed by atoms with Gasteiger partial charge in [0.2, 0.25) is 15.9 Å². The number of amidine groups is 1. The smallest absolute Gasteiger partial charge is 0.318 e. The summed E-state index contributed by atoms with van der Waals surface area (Å²) < 4.78 is 27.9. The average Bonchev–Trinajstić information content (AvgIpc) is 3.20. The third-order valence-electron chi connectivity index (χ3n) is 8.32. The van der Waals surface area contributed by atoms with Gasteiger partial charge in [0.25, 0.3) is 5.91 Å². The standard InChI is InChI=1S/C29H46N6O5S/c1-21-19-23(34(3)28(31)38)20-22(2)24(21)13-18-41(39,40)35-16-14-29(15-17-35)27(37)32-26(33-29)12-10-8-6-4-5-7-9-11-25(30)36/h19-20H,4-18H2,1-3H3,(H2,30,36)(H2,31,38)(H,32,33,37). The molecule has 0 radical (unpaired) electrons. The van der Waals surface area contributed by atoms with E-state index in [4.69, 9.17) is 16.5 Å². The zero-order valence-electron chi connectivity index (χ0n) is 24.7. The minimum absolute atomic E-state index is 0.0292. The molecule has 1 saturated heterocycles. The molecule has 0 unspecified atom stereocenters. The zero-order valence-corrected chi connectivity index (χ0v) is 25.5. The number of sulfonamides is 1. The van der Waals surface area contributed by atoms with E-state index in [1.807, 2.05) is 26.0 Å². The molecule has 0 atom stereocenters. The second kappa shape index (κ2) is 14.3. The molecule has 228 valence electrons. The summed E-state index contributed by atoms with van der Waals surface area (Å²) in [4.78, 5) is 41.2. The van der Waals surface area contributed by atoms with E-state index in [2.05, 4.69) is 5.32 Å². The number of piperidine rings is 1. The van der Waals surface area contributed by atoms with Gasteiger partial charge >= 0.3 is 6.03 Å². The van der Waals surface area contributed by atoms with Gasteiger partial charge in [-0.05, 0) is 74.8 Å². The fourth-order valence-corrected chi connectivity index (χ4v) is 7.16. The number of amides is 4. The number of aliphatic imine (C=N–C) groups is 1. The van der Waals surface area contributed by atoms with Crippen LogP contribution in [0.5, 0.6) is 0 Å². The van der Waals surface area contributed by atoms with Crippen molar-refractivity contribution in [1.82, 2.24) is 9.62 Å². The molecule has 2 aliphatic rings. The number of anilines is 1. The van der Waals surface area contributed by atoms with Crippen LogP contribution >= 0.6 is 0 Å². The maximum absolute atomic E-state index is 13.2. The zero-order chi connectivity index (χ0) is 30.2. The van der Waals surface area contributed by atoms with E-state index in [1.54, 1.807) is 7.05 Å². The molecule has 0 aliphatic carbocycles. The van der Waals surface area contributed by atoms with Crippen LogP contribution in [0.15, 0.2) is 17.1 Å². The Balaban J connectivity index is 1.46. The van der Waals surface area contributed by atoms with E-state index in [1.165, 1.54) is 9.21 Å². The van der Waals surface area contributed by atoms with Gasteiger partial charge in [0.05, 0.1) is 5.75 Å². The highest BCUT2D eigenvalue weighted by Gasteiger charge is 2.47. The highest BCUT2D eigenvalue weighted by Crippen LogP contribution is 2.32. The lowest BCUT2D eigenvalue weighted by Crippen LogP contribution is -2.50. The van der Waals surface area contributed by atoms with Gasteiger partial charge in [-0.3, -0.25) is 19.5 Å². The third kappa shape index (κ3) is 8.75. The predicted octanol–water partition coefficient (Wildman–Crippen LogP) is 3.05. The molecule has 5 N–H and O–H groups in total. The van der Waals surface area contributed by atoms with Crippen LogP contribution in [0.3, 0.4) is 0 Å². The minimum atomic E-state index is -3.52. The molecular weight excluding hydrogens is 544 g/mol. The van der Waals surface area contributed by atoms with Crippen LogP contribution in [0, 0.1) is 13.8 Å². The van der Waals surface area contributed by atoms with Gasteiger partial charge in [0.15, 0.2) is 0 Å². The normalized spacial score (nSPS) is 17.0. The molecule has 2 aliphatic heterocycles. The minimum Gasteiger partial charge on any atom is -0.370 e. The number of nitrogens with zero attached hydrogens (tertiary/aromatic N) is 3. The summed E-state index contributed by atoms with van der Waals surface area (Å²) >= 11 is 0. The van der Waals surface area contributed by atoms with E-state index in [0.717, 1.165) is 61.6 Å². The van der Waals surface area contributed by atoms with Crippen LogP contribution in [-0.2, 0) is 26.0 Å². The Morgan fingerprint density at radius 3 is 2.10 bits per heavy atom. The number of hydrogen-bond donors (Lipinski definition) is 3. The van der Waals surface area contributed by atoms with Crippen LogP contribution < -0.4 is 21.7 Å². The van der Waals surface area contributed by atoms with Gasteiger partial charge in [0, 0.05) is 38.7 Å². The van der Waals surface area contributed by atoms with Crippen LogP contribution in [0.2, 0.25) is 0 Å². The molecular formula is C29H46N6O5S. The van der Waals surface area contributed by atoms with Crippen molar-refractivity contribution in [3.8, 4) is 0 Å². The van der Waals surface area contributed by atoms with E-state index >= 15 is 0 Å². The van der Waals surface area contributed by atoms with Crippen LogP contribution in [0.25, 0.3) is 0 Å². The van der Waals surface area contributed by atoms with E-state index in [-0.39, 0.29) is 30.7 Å². The first kappa shape index (κ1) is 32.5. The van der Waals surface area contributed by atoms with Crippen LogP contribution in [0.4, 0.5) is 10.5 Å². The SMILES string of the molecule is Cc1cc(N(C)C(N)=O)cc(C)c1CCS(=O)(=O)N1CCC2(CC1)N=C(CCCCCCCCCC(N)=O)NC2=O. The summed E-state index contributed by atoms with van der Waals surface area (Å²) in [5, 5.41) is 2.94. The molecule has 41 heavy (non-hydrogen) atoms. The number of hydrogen-bond acceptors (Lipinski definition) is 6. The molecule has 1 aromatic rings. The summed E-state index contributed by atoms with van der Waals surface area (Å²) in [6.45, 7) is 4.34. The maximum Gasteiger partial charge on any atom is 0.318 e. The Kier molecular flexibility index (Phi) is 11.3. The Labute approximate surface area is 244 Å². The highest BCUT2D eigenvalue weighted by atomic mass is 32.2. The second-order valence-electron chi connectivity index (χ2n) is 11.4. The fraction of sp³-hybridized carbons (Fsp3) is 0.655. The van der Waals surface area contributed by atoms with E-state index in [9.17, 15) is 22.8 Å². The number of nitrogens with two attached hydrogens (primary N) is 2. The Hall–Kier alpha value is -2.99. The van der Waals surface area contributed by atoms with E-state index in [0.29, 0.717) is 43.6 Å². The maximum atomic E-state index is 13.2. The van der Waals surface area contributed by atoms with E-state index < -0.39 is 21.6 Å². The fourth-order valence-electron chi connectivity index (χ4n) is 5.70. The summed E-state index contributed by atoms with van der Waals surface area (Å²) in [5.74, 6) is 0.323. The van der Waals surface area contributed by atoms with Gasteiger partial charge in [-0.2, -0.15) is 0 Å². The van der Waals surface area contributed by atoms with Gasteiger partial charge in [-0.25, -0.2) is 17.5 Å². The lowest BCUT2D eigenvalue weighted by molar-refractivity contribution is -0.125. The van der Waals surface area contributed by atoms with Crippen molar-refractivity contribution in [2.75, 3.05) is 30.8 Å². The Morgan fingerprint density at radius 2 is 1.54 bits per heavy atom. The molecule has 0 bridgehead atoms. The third-order valence-corrected chi connectivity index (χ3v) is 10.2. The van der Waals surface area contributed by atoms with Gasteiger partial charge in [-0.15, -0.1) is 0 Å². The predicted molar refractivity (Wildman–Crippen MR) is 161 cm³/mol. The van der Waals surface area contributed by atoms with Crippen molar-refractivity contribution in [3.05, 3.63) is 28.8 Å². The van der Waals surface area contributed by atoms with Crippen molar-refractivity contribution in [1.29, 1.82) is 0 Å². The molecule has 0 saturated carbocycles. The van der Waals surface area contributed by atoms with Crippen molar-refractivity contribution in [2.45, 2.75) is 96.4 Å². The number of unbranched alkanes of at least 4 members (excludes halogenated alkanes) is 6. The number of aryl methyl sites for hydroxylation is 2. The topological polar surface area (TPSA) is 168 Å². The van der Waals surface area contributed by atoms with Crippen molar-refractivity contribution in [3.63, 3.8) is 0 Å². The molecule has 0 aromatic heterocycles. The van der Waals surface area contributed by atoms with Gasteiger partial charge < -0.3 is 16.8 Å². The lowest BCUT2D eigenvalue weighted by atomic mass is 9.89. The number of carbonyl (C=O) groups excluding carboxylic acids is 3. The quantitative estimate of drug-likeness (QED) is 0.266. The largest absolute Gasteiger partial charge is 0.370 e. The van der Waals surface area contributed by atoms with Crippen LogP contribution in [-0.4, -0.2) is 67.8 Å². The molecule has 4 amide bonds. The molecule has 2 heterocycles. The summed E-state index contributed by atoms with van der Waals surface area (Å²) in [5.41, 5.74) is 13.1. The summed E-state index contributed by atoms with van der Waals surface area (Å²) in [7, 11) is -1.92. The highest BCUT2D eigenvalue weighted by molar-refractivity contribution is 7.89. The van der Waals surface area contributed by atoms with Crippen molar-refractivity contribution in [2.24, 2.45) is 16.5 Å². The number of nitrogens with one attached hydrogen (secondary N) is 1. The number of urea groups is 1. The molecule has 1 spiro atoms. The molecule has 1 fully saturated rings. The summed E-state index contributed by atoms with van der Waals surface area (Å²) in [6, 6.07) is 3.12. The monoisotopic (exact) mass is 590 g/mol. The van der Waals surface area contributed by atoms with Gasteiger partial charge in [0.1, 0.15) is 11.4 Å². The Bertz CT molecular complexity index is 1230. The Morgan fingerprint density at radius 1 is 0.976 bits per heavy atom. The number of rotatable bonds is 15. The van der Waals surface area contributed by atoms with Gasteiger partial charge in [-0.1, -0.05) is 32.1 Å². The first-order valence-electron chi connectivity index (χ1n) is 14.6. The molecule has 1 aromatic carbocycles. The lowest BCUT2D eigenvalue weighted by Gasteiger charge is -2.34. The second-order valence-corrected chi connectivity index (χ2v) is 13.5. The first-order valence-corrected chi connectivity index (χ1v) is 16.3. The molecule has 3 rings (SSSR count). The molecule has 11 nitrogen and oxygen atoms in total. The van der Waals surface area contributed by atoms with Crippen molar-refractivity contribution >= 4 is 39.4 Å².